The number of esters is 1. The number of ether oxygens (including phenoxy) is 3. The Morgan fingerprint density at radius 3 is 1.95 bits per heavy atom. The average molecular weight is 524 g/mol. The van der Waals surface area contributed by atoms with E-state index in [9.17, 15) is 9.90 Å². The maximum absolute atomic E-state index is 11.0. The molecule has 0 radical (unpaired) electrons. The molecular formula is C32H45NO5. The summed E-state index contributed by atoms with van der Waals surface area (Å²) in [5.74, 6) is 1.22. The molecule has 0 saturated carbocycles. The minimum atomic E-state index is -0.381. The zero-order valence-electron chi connectivity index (χ0n) is 23.0. The molecule has 38 heavy (non-hydrogen) atoms. The molecule has 0 aromatic heterocycles. The number of benzene rings is 2. The van der Waals surface area contributed by atoms with Crippen LogP contribution in [0.4, 0.5) is 5.69 Å². The molecule has 208 valence electrons. The van der Waals surface area contributed by atoms with E-state index in [-0.39, 0.29) is 11.7 Å². The highest BCUT2D eigenvalue weighted by atomic mass is 16.5. The lowest BCUT2D eigenvalue weighted by molar-refractivity contribution is -0.137. The highest BCUT2D eigenvalue weighted by Gasteiger charge is 2.03. The number of rotatable bonds is 21. The number of unbranched alkanes of at least 4 members (excludes halogenated alkanes) is 10. The van der Waals surface area contributed by atoms with E-state index < -0.39 is 0 Å². The third-order valence-corrected chi connectivity index (χ3v) is 6.18. The number of aromatic hydroxyl groups is 1. The molecule has 0 spiro atoms. The molecule has 0 aliphatic rings. The number of hydrogen-bond acceptors (Lipinski definition) is 6. The van der Waals surface area contributed by atoms with Gasteiger partial charge in [-0.2, -0.15) is 0 Å². The van der Waals surface area contributed by atoms with Crippen LogP contribution in [0.3, 0.4) is 0 Å². The molecule has 0 unspecified atom stereocenters. The second kappa shape index (κ2) is 19.8. The van der Waals surface area contributed by atoms with Gasteiger partial charge in [-0.25, -0.2) is 4.79 Å². The van der Waals surface area contributed by atoms with Crippen molar-refractivity contribution in [2.24, 2.45) is 4.99 Å². The summed E-state index contributed by atoms with van der Waals surface area (Å²) < 4.78 is 16.5. The Morgan fingerprint density at radius 2 is 1.34 bits per heavy atom. The second-order valence-electron chi connectivity index (χ2n) is 9.43. The van der Waals surface area contributed by atoms with Gasteiger partial charge in [0.15, 0.2) is 0 Å². The molecule has 0 saturated heterocycles. The van der Waals surface area contributed by atoms with Gasteiger partial charge in [0.2, 0.25) is 0 Å². The second-order valence-corrected chi connectivity index (χ2v) is 9.43. The third kappa shape index (κ3) is 13.9. The summed E-state index contributed by atoms with van der Waals surface area (Å²) in [6.07, 6.45) is 16.8. The van der Waals surface area contributed by atoms with Crippen LogP contribution >= 0.6 is 0 Å². The number of phenolic OH excluding ortho intramolecular Hbond substituents is 1. The summed E-state index contributed by atoms with van der Waals surface area (Å²) in [5.41, 5.74) is 1.42. The van der Waals surface area contributed by atoms with E-state index in [0.29, 0.717) is 24.5 Å². The number of carbonyl (C=O) groups is 1. The van der Waals surface area contributed by atoms with Crippen molar-refractivity contribution < 1.29 is 24.1 Å². The normalized spacial score (nSPS) is 11.0. The van der Waals surface area contributed by atoms with Crippen LogP contribution in [0.25, 0.3) is 0 Å². The largest absolute Gasteiger partial charge is 0.507 e. The quantitative estimate of drug-likeness (QED) is 0.0770. The predicted octanol–water partition coefficient (Wildman–Crippen LogP) is 8.33. The minimum absolute atomic E-state index is 0.126. The monoisotopic (exact) mass is 523 g/mol. The predicted molar refractivity (Wildman–Crippen MR) is 155 cm³/mol. The molecule has 6 heteroatoms. The van der Waals surface area contributed by atoms with Crippen LogP contribution in [-0.4, -0.2) is 37.1 Å². The number of nitrogens with zero attached hydrogens (tertiary/aromatic N) is 1. The van der Waals surface area contributed by atoms with Crippen LogP contribution < -0.4 is 9.47 Å². The lowest BCUT2D eigenvalue weighted by atomic mass is 10.1. The molecule has 6 nitrogen and oxygen atoms in total. The molecule has 0 heterocycles. The molecule has 0 fully saturated rings. The Morgan fingerprint density at radius 1 is 0.789 bits per heavy atom. The molecule has 0 aliphatic heterocycles. The van der Waals surface area contributed by atoms with Gasteiger partial charge < -0.3 is 19.3 Å². The Balaban J connectivity index is 1.62. The summed E-state index contributed by atoms with van der Waals surface area (Å²) in [7, 11) is 0. The van der Waals surface area contributed by atoms with Crippen LogP contribution in [0.15, 0.2) is 60.1 Å². The van der Waals surface area contributed by atoms with Gasteiger partial charge in [-0.1, -0.05) is 58.4 Å². The molecule has 2 aromatic carbocycles. The zero-order valence-corrected chi connectivity index (χ0v) is 23.0. The van der Waals surface area contributed by atoms with Crippen molar-refractivity contribution in [3.05, 3.63) is 60.7 Å². The molecule has 0 amide bonds. The van der Waals surface area contributed by atoms with Gasteiger partial charge >= 0.3 is 5.97 Å². The topological polar surface area (TPSA) is 77.4 Å². The van der Waals surface area contributed by atoms with E-state index in [4.69, 9.17) is 14.2 Å². The minimum Gasteiger partial charge on any atom is -0.507 e. The van der Waals surface area contributed by atoms with E-state index in [1.807, 2.05) is 30.3 Å². The van der Waals surface area contributed by atoms with Crippen molar-refractivity contribution in [3.8, 4) is 17.2 Å². The maximum Gasteiger partial charge on any atom is 0.330 e. The van der Waals surface area contributed by atoms with Crippen LogP contribution in [0.5, 0.6) is 17.2 Å². The Bertz CT molecular complexity index is 955. The number of phenols is 1. The summed E-state index contributed by atoms with van der Waals surface area (Å²) in [6, 6.07) is 12.9. The molecule has 2 aromatic rings. The highest BCUT2D eigenvalue weighted by molar-refractivity contribution is 5.85. The zero-order chi connectivity index (χ0) is 27.3. The lowest BCUT2D eigenvalue weighted by Gasteiger charge is -2.08. The van der Waals surface area contributed by atoms with Gasteiger partial charge in [-0.05, 0) is 68.5 Å². The molecule has 2 rings (SSSR count). The van der Waals surface area contributed by atoms with E-state index in [0.717, 1.165) is 50.1 Å². The first-order valence-corrected chi connectivity index (χ1v) is 14.1. The summed E-state index contributed by atoms with van der Waals surface area (Å²) in [6.45, 7) is 7.34. The number of hydrogen-bond donors (Lipinski definition) is 1. The first kappa shape index (κ1) is 30.9. The van der Waals surface area contributed by atoms with E-state index >= 15 is 0 Å². The van der Waals surface area contributed by atoms with Crippen molar-refractivity contribution in [2.75, 3.05) is 19.8 Å². The van der Waals surface area contributed by atoms with Gasteiger partial charge in [0.05, 0.1) is 25.5 Å². The number of carbonyl (C=O) groups excluding carboxylic acids is 1. The van der Waals surface area contributed by atoms with Crippen molar-refractivity contribution in [3.63, 3.8) is 0 Å². The molecule has 0 bridgehead atoms. The van der Waals surface area contributed by atoms with Gasteiger partial charge in [0.1, 0.15) is 17.2 Å². The van der Waals surface area contributed by atoms with Crippen LogP contribution in [-0.2, 0) is 9.53 Å². The summed E-state index contributed by atoms with van der Waals surface area (Å²) in [4.78, 5) is 15.4. The van der Waals surface area contributed by atoms with Crippen molar-refractivity contribution >= 4 is 17.9 Å². The Kier molecular flexibility index (Phi) is 16.1. The standard InChI is InChI=1S/C32H45NO5/c1-3-5-6-7-8-9-10-13-22-36-29-20-17-28(18-21-29)33-26-27-16-19-30(25-31(27)34)37-23-14-11-12-15-24-38-32(35)4-2/h4,16-21,25-26,34H,2-3,5-15,22-24H2,1H3. The smallest absolute Gasteiger partial charge is 0.330 e. The third-order valence-electron chi connectivity index (χ3n) is 6.18. The SMILES string of the molecule is C=CC(=O)OCCCCCCOc1ccc(C=Nc2ccc(OCCCCCCCCCC)cc2)c(O)c1. The summed E-state index contributed by atoms with van der Waals surface area (Å²) in [5, 5.41) is 10.4. The van der Waals surface area contributed by atoms with Gasteiger partial charge in [0, 0.05) is 23.9 Å². The van der Waals surface area contributed by atoms with Crippen molar-refractivity contribution in [2.45, 2.75) is 84.0 Å². The Labute approximate surface area is 228 Å². The van der Waals surface area contributed by atoms with Crippen molar-refractivity contribution in [1.29, 1.82) is 0 Å². The Hall–Kier alpha value is -3.28. The molecular weight excluding hydrogens is 478 g/mol. The van der Waals surface area contributed by atoms with Gasteiger partial charge in [0.25, 0.3) is 0 Å². The fourth-order valence-electron chi connectivity index (χ4n) is 3.90. The molecule has 1 N–H and O–H groups in total. The lowest BCUT2D eigenvalue weighted by Crippen LogP contribution is -2.02. The van der Waals surface area contributed by atoms with E-state index in [2.05, 4.69) is 18.5 Å². The van der Waals surface area contributed by atoms with Crippen LogP contribution in [0.1, 0.15) is 89.5 Å². The van der Waals surface area contributed by atoms with Gasteiger partial charge in [-0.15, -0.1) is 0 Å². The molecule has 0 atom stereocenters. The summed E-state index contributed by atoms with van der Waals surface area (Å²) >= 11 is 0. The van der Waals surface area contributed by atoms with Crippen LogP contribution in [0, 0.1) is 0 Å². The molecule has 0 aliphatic carbocycles. The fourth-order valence-corrected chi connectivity index (χ4v) is 3.90. The highest BCUT2D eigenvalue weighted by Crippen LogP contribution is 2.24. The maximum atomic E-state index is 11.0. The first-order chi connectivity index (χ1) is 18.6. The van der Waals surface area contributed by atoms with E-state index in [1.165, 1.54) is 51.0 Å². The fraction of sp³-hybridized carbons (Fsp3) is 0.500. The first-order valence-electron chi connectivity index (χ1n) is 14.1. The van der Waals surface area contributed by atoms with Gasteiger partial charge in [-0.3, -0.25) is 4.99 Å². The number of aliphatic imine (C=N–C) groups is 1. The van der Waals surface area contributed by atoms with Crippen LogP contribution in [0.2, 0.25) is 0 Å². The van der Waals surface area contributed by atoms with Crippen molar-refractivity contribution in [1.82, 2.24) is 0 Å². The average Bonchev–Trinajstić information content (AvgIpc) is 2.93. The van der Waals surface area contributed by atoms with E-state index in [1.54, 1.807) is 18.3 Å².